The van der Waals surface area contributed by atoms with Crippen LogP contribution in [-0.4, -0.2) is 30.5 Å². The van der Waals surface area contributed by atoms with Gasteiger partial charge in [0, 0.05) is 11.3 Å². The van der Waals surface area contributed by atoms with Crippen LogP contribution in [0.5, 0.6) is 11.5 Å². The lowest BCUT2D eigenvalue weighted by molar-refractivity contribution is -0.132. The number of aliphatic hydroxyl groups excluding tert-OH is 1. The second kappa shape index (κ2) is 10.1. The van der Waals surface area contributed by atoms with Crippen molar-refractivity contribution in [3.05, 3.63) is 95.1 Å². The average Bonchev–Trinajstić information content (AvgIpc) is 3.14. The summed E-state index contributed by atoms with van der Waals surface area (Å²) in [5.41, 5.74) is 2.67. The van der Waals surface area contributed by atoms with Crippen molar-refractivity contribution < 1.29 is 24.2 Å². The zero-order valence-corrected chi connectivity index (χ0v) is 20.3. The number of hydrogen-bond donors (Lipinski definition) is 1. The predicted molar refractivity (Wildman–Crippen MR) is 136 cm³/mol. The van der Waals surface area contributed by atoms with Gasteiger partial charge >= 0.3 is 0 Å². The second-order valence-electron chi connectivity index (χ2n) is 8.62. The summed E-state index contributed by atoms with van der Waals surface area (Å²) in [5.74, 6) is -0.115. The molecule has 6 heteroatoms. The van der Waals surface area contributed by atoms with E-state index in [0.717, 1.165) is 11.3 Å². The standard InChI is InChI=1S/C29H29NO5/c1-5-35-24-16-13-20(17-23(24)18(2)3)27(31)25-26(19-11-14-22(34-4)15-12-19)30(29(33)28(25)32)21-9-7-6-8-10-21/h6-18,26,31H,5H2,1-4H3/b27-25-. The minimum Gasteiger partial charge on any atom is -0.507 e. The van der Waals surface area contributed by atoms with Crippen molar-refractivity contribution in [1.82, 2.24) is 0 Å². The van der Waals surface area contributed by atoms with Gasteiger partial charge in [0.05, 0.1) is 25.3 Å². The lowest BCUT2D eigenvalue weighted by Crippen LogP contribution is -2.29. The van der Waals surface area contributed by atoms with E-state index >= 15 is 0 Å². The molecule has 0 saturated carbocycles. The molecule has 4 rings (SSSR count). The number of benzene rings is 3. The molecule has 3 aromatic carbocycles. The summed E-state index contributed by atoms with van der Waals surface area (Å²) in [6.07, 6.45) is 0. The van der Waals surface area contributed by atoms with Gasteiger partial charge in [-0.1, -0.05) is 44.2 Å². The third-order valence-electron chi connectivity index (χ3n) is 6.12. The Labute approximate surface area is 205 Å². The molecule has 0 aromatic heterocycles. The van der Waals surface area contributed by atoms with Crippen LogP contribution in [0.2, 0.25) is 0 Å². The highest BCUT2D eigenvalue weighted by Crippen LogP contribution is 2.43. The molecule has 1 saturated heterocycles. The molecule has 1 aliphatic heterocycles. The Balaban J connectivity index is 1.91. The van der Waals surface area contributed by atoms with Crippen LogP contribution in [-0.2, 0) is 9.59 Å². The highest BCUT2D eigenvalue weighted by atomic mass is 16.5. The molecule has 0 radical (unpaired) electrons. The summed E-state index contributed by atoms with van der Waals surface area (Å²) in [5, 5.41) is 11.4. The third kappa shape index (κ3) is 4.52. The molecule has 1 fully saturated rings. The topological polar surface area (TPSA) is 76.1 Å². The number of aliphatic hydroxyl groups is 1. The fourth-order valence-electron chi connectivity index (χ4n) is 4.38. The van der Waals surface area contributed by atoms with Crippen LogP contribution >= 0.6 is 0 Å². The zero-order chi connectivity index (χ0) is 25.1. The zero-order valence-electron chi connectivity index (χ0n) is 20.3. The Bertz CT molecular complexity index is 1260. The van der Waals surface area contributed by atoms with E-state index in [1.807, 2.05) is 32.9 Å². The molecule has 0 aliphatic carbocycles. The monoisotopic (exact) mass is 471 g/mol. The number of carbonyl (C=O) groups excluding carboxylic acids is 2. The van der Waals surface area contributed by atoms with Crippen molar-refractivity contribution in [3.63, 3.8) is 0 Å². The van der Waals surface area contributed by atoms with Crippen molar-refractivity contribution >= 4 is 23.1 Å². The lowest BCUT2D eigenvalue weighted by atomic mass is 9.93. The highest BCUT2D eigenvalue weighted by Gasteiger charge is 2.47. The van der Waals surface area contributed by atoms with Crippen molar-refractivity contribution in [2.24, 2.45) is 0 Å². The van der Waals surface area contributed by atoms with Crippen LogP contribution in [0.4, 0.5) is 5.69 Å². The van der Waals surface area contributed by atoms with Crippen molar-refractivity contribution in [1.29, 1.82) is 0 Å². The van der Waals surface area contributed by atoms with Crippen LogP contribution in [0.1, 0.15) is 49.4 Å². The van der Waals surface area contributed by atoms with Crippen LogP contribution < -0.4 is 14.4 Å². The van der Waals surface area contributed by atoms with Gasteiger partial charge in [-0.15, -0.1) is 0 Å². The fourth-order valence-corrected chi connectivity index (χ4v) is 4.38. The minimum atomic E-state index is -0.794. The van der Waals surface area contributed by atoms with Crippen molar-refractivity contribution in [3.8, 4) is 11.5 Å². The number of para-hydroxylation sites is 1. The number of ether oxygens (including phenoxy) is 2. The van der Waals surface area contributed by atoms with E-state index < -0.39 is 17.7 Å². The number of rotatable bonds is 7. The quantitative estimate of drug-likeness (QED) is 0.266. The Morgan fingerprint density at radius 3 is 2.29 bits per heavy atom. The van der Waals surface area contributed by atoms with Gasteiger partial charge in [0.25, 0.3) is 11.7 Å². The van der Waals surface area contributed by atoms with E-state index in [-0.39, 0.29) is 17.3 Å². The maximum atomic E-state index is 13.3. The highest BCUT2D eigenvalue weighted by molar-refractivity contribution is 6.51. The van der Waals surface area contributed by atoms with Gasteiger partial charge in [-0.05, 0) is 66.4 Å². The average molecular weight is 472 g/mol. The van der Waals surface area contributed by atoms with E-state index in [9.17, 15) is 14.7 Å². The van der Waals surface area contributed by atoms with Crippen molar-refractivity contribution in [2.45, 2.75) is 32.7 Å². The minimum absolute atomic E-state index is 0.0443. The van der Waals surface area contributed by atoms with E-state index in [4.69, 9.17) is 9.47 Å². The van der Waals surface area contributed by atoms with Gasteiger partial charge in [-0.25, -0.2) is 0 Å². The fraction of sp³-hybridized carbons (Fsp3) is 0.241. The molecule has 3 aromatic rings. The summed E-state index contributed by atoms with van der Waals surface area (Å²) in [4.78, 5) is 28.0. The maximum absolute atomic E-state index is 13.3. The molecule has 180 valence electrons. The van der Waals surface area contributed by atoms with Crippen LogP contribution in [0.25, 0.3) is 5.76 Å². The number of anilines is 1. The summed E-state index contributed by atoms with van der Waals surface area (Å²) in [6.45, 7) is 6.50. The summed E-state index contributed by atoms with van der Waals surface area (Å²) in [6, 6.07) is 20.7. The Kier molecular flexibility index (Phi) is 6.92. The Hall–Kier alpha value is -4.06. The van der Waals surface area contributed by atoms with E-state index in [0.29, 0.717) is 29.2 Å². The first-order valence-corrected chi connectivity index (χ1v) is 11.6. The Morgan fingerprint density at radius 2 is 1.69 bits per heavy atom. The molecule has 0 bridgehead atoms. The van der Waals surface area contributed by atoms with Crippen LogP contribution in [0.3, 0.4) is 0 Å². The summed E-state index contributed by atoms with van der Waals surface area (Å²) < 4.78 is 11.0. The molecule has 6 nitrogen and oxygen atoms in total. The normalized spacial score (nSPS) is 17.2. The molecule has 1 unspecified atom stereocenters. The van der Waals surface area contributed by atoms with Gasteiger partial charge < -0.3 is 14.6 Å². The first-order chi connectivity index (χ1) is 16.9. The number of carbonyl (C=O) groups is 2. The first kappa shape index (κ1) is 24.1. The lowest BCUT2D eigenvalue weighted by Gasteiger charge is -2.25. The smallest absolute Gasteiger partial charge is 0.300 e. The molecule has 1 heterocycles. The molecular formula is C29H29NO5. The van der Waals surface area contributed by atoms with Gasteiger partial charge in [0.1, 0.15) is 17.3 Å². The number of Topliss-reactive ketones (excluding diaryl/α,β-unsaturated/α-hetero) is 1. The van der Waals surface area contributed by atoms with Crippen LogP contribution in [0, 0.1) is 0 Å². The number of nitrogens with zero attached hydrogens (tertiary/aromatic N) is 1. The molecule has 0 spiro atoms. The van der Waals surface area contributed by atoms with Gasteiger partial charge in [-0.3, -0.25) is 14.5 Å². The van der Waals surface area contributed by atoms with Gasteiger partial charge in [0.2, 0.25) is 0 Å². The van der Waals surface area contributed by atoms with Crippen molar-refractivity contribution in [2.75, 3.05) is 18.6 Å². The number of amides is 1. The third-order valence-corrected chi connectivity index (χ3v) is 6.12. The van der Waals surface area contributed by atoms with Gasteiger partial charge in [0.15, 0.2) is 0 Å². The summed E-state index contributed by atoms with van der Waals surface area (Å²) >= 11 is 0. The number of hydrogen-bond acceptors (Lipinski definition) is 5. The second-order valence-corrected chi connectivity index (χ2v) is 8.62. The Morgan fingerprint density at radius 1 is 1.00 bits per heavy atom. The molecule has 1 atom stereocenters. The largest absolute Gasteiger partial charge is 0.507 e. The predicted octanol–water partition coefficient (Wildman–Crippen LogP) is 5.84. The van der Waals surface area contributed by atoms with E-state index in [1.54, 1.807) is 67.8 Å². The SMILES string of the molecule is CCOc1ccc(/C(O)=C2/C(=O)C(=O)N(c3ccccc3)C2c2ccc(OC)cc2)cc1C(C)C. The molecule has 35 heavy (non-hydrogen) atoms. The molecule has 1 aliphatic rings. The molecule has 1 N–H and O–H groups in total. The molecular weight excluding hydrogens is 442 g/mol. The van der Waals surface area contributed by atoms with E-state index in [2.05, 4.69) is 0 Å². The number of methoxy groups -OCH3 is 1. The summed E-state index contributed by atoms with van der Waals surface area (Å²) in [7, 11) is 1.57. The van der Waals surface area contributed by atoms with Crippen LogP contribution in [0.15, 0.2) is 78.4 Å². The first-order valence-electron chi connectivity index (χ1n) is 11.6. The van der Waals surface area contributed by atoms with E-state index in [1.165, 1.54) is 4.90 Å². The van der Waals surface area contributed by atoms with Gasteiger partial charge in [-0.2, -0.15) is 0 Å². The molecule has 1 amide bonds. The number of ketones is 1. The maximum Gasteiger partial charge on any atom is 0.300 e.